The third kappa shape index (κ3) is 2.29. The van der Waals surface area contributed by atoms with Crippen LogP contribution in [-0.4, -0.2) is 22.8 Å². The average molecular weight is 180 g/mol. The molecular formula is C10H12O3. The molecule has 3 heteroatoms. The first-order valence-electron chi connectivity index (χ1n) is 4.05. The average Bonchev–Trinajstić information content (AvgIpc) is 2.04. The van der Waals surface area contributed by atoms with Crippen molar-refractivity contribution in [3.8, 4) is 0 Å². The Kier molecular flexibility index (Phi) is 3.03. The molecular weight excluding hydrogens is 168 g/mol. The lowest BCUT2D eigenvalue weighted by Crippen LogP contribution is -2.15. The molecule has 70 valence electrons. The van der Waals surface area contributed by atoms with E-state index in [1.807, 2.05) is 13.0 Å². The van der Waals surface area contributed by atoms with Gasteiger partial charge in [-0.05, 0) is 12.5 Å². The number of benzene rings is 1. The molecule has 13 heavy (non-hydrogen) atoms. The van der Waals surface area contributed by atoms with Crippen LogP contribution in [0.3, 0.4) is 0 Å². The molecule has 0 amide bonds. The number of carboxylic acids is 1. The number of carboxylic acid groups (broad SMARTS) is 1. The van der Waals surface area contributed by atoms with Crippen LogP contribution in [-0.2, 0) is 4.79 Å². The van der Waals surface area contributed by atoms with E-state index in [0.29, 0.717) is 5.56 Å². The zero-order chi connectivity index (χ0) is 9.84. The van der Waals surface area contributed by atoms with Gasteiger partial charge in [-0.1, -0.05) is 29.8 Å². The molecule has 0 saturated heterocycles. The molecule has 1 aromatic rings. The van der Waals surface area contributed by atoms with Crippen molar-refractivity contribution < 1.29 is 15.0 Å². The molecule has 0 aliphatic heterocycles. The van der Waals surface area contributed by atoms with Crippen LogP contribution in [0.15, 0.2) is 24.3 Å². The molecule has 2 N–H and O–H groups in total. The quantitative estimate of drug-likeness (QED) is 0.733. The second kappa shape index (κ2) is 4.05. The van der Waals surface area contributed by atoms with Gasteiger partial charge in [-0.15, -0.1) is 0 Å². The number of aryl methyl sites for hydroxylation is 1. The van der Waals surface area contributed by atoms with Gasteiger partial charge in [-0.25, -0.2) is 0 Å². The van der Waals surface area contributed by atoms with Crippen LogP contribution >= 0.6 is 0 Å². The largest absolute Gasteiger partial charge is 0.481 e. The minimum atomic E-state index is -0.992. The van der Waals surface area contributed by atoms with E-state index in [1.165, 1.54) is 0 Å². The number of carbonyl (C=O) groups is 1. The van der Waals surface area contributed by atoms with Crippen molar-refractivity contribution in [1.29, 1.82) is 0 Å². The minimum absolute atomic E-state index is 0.362. The molecule has 3 nitrogen and oxygen atoms in total. The highest BCUT2D eigenvalue weighted by Gasteiger charge is 2.18. The molecule has 0 saturated carbocycles. The van der Waals surface area contributed by atoms with Gasteiger partial charge in [0.05, 0.1) is 6.61 Å². The van der Waals surface area contributed by atoms with Crippen LogP contribution in [0, 0.1) is 6.92 Å². The van der Waals surface area contributed by atoms with Crippen LogP contribution in [0.4, 0.5) is 0 Å². The Bertz CT molecular complexity index is 307. The molecule has 0 aliphatic carbocycles. The van der Waals surface area contributed by atoms with Gasteiger partial charge in [-0.3, -0.25) is 4.79 Å². The Hall–Kier alpha value is -1.35. The molecule has 0 fully saturated rings. The van der Waals surface area contributed by atoms with E-state index in [2.05, 4.69) is 0 Å². The number of aliphatic hydroxyl groups excluding tert-OH is 1. The summed E-state index contributed by atoms with van der Waals surface area (Å²) in [6, 6.07) is 7.16. The highest BCUT2D eigenvalue weighted by atomic mass is 16.4. The highest BCUT2D eigenvalue weighted by Crippen LogP contribution is 2.16. The standard InChI is InChI=1S/C10H12O3/c1-7-3-2-4-8(5-7)9(6-11)10(12)13/h2-5,9,11H,6H2,1H3,(H,12,13)/t9-/m1/s1. The van der Waals surface area contributed by atoms with E-state index in [0.717, 1.165) is 5.56 Å². The summed E-state index contributed by atoms with van der Waals surface area (Å²) in [5, 5.41) is 17.6. The second-order valence-corrected chi connectivity index (χ2v) is 2.99. The maximum Gasteiger partial charge on any atom is 0.313 e. The number of aliphatic hydroxyl groups is 1. The summed E-state index contributed by atoms with van der Waals surface area (Å²) in [4.78, 5) is 10.7. The Morgan fingerprint density at radius 1 is 1.54 bits per heavy atom. The summed E-state index contributed by atoms with van der Waals surface area (Å²) in [6.45, 7) is 1.53. The molecule has 1 aromatic carbocycles. The van der Waals surface area contributed by atoms with Gasteiger partial charge < -0.3 is 10.2 Å². The van der Waals surface area contributed by atoms with Crippen LogP contribution in [0.2, 0.25) is 0 Å². The summed E-state index contributed by atoms with van der Waals surface area (Å²) in [7, 11) is 0. The van der Waals surface area contributed by atoms with Crippen molar-refractivity contribution in [1.82, 2.24) is 0 Å². The Balaban J connectivity index is 2.98. The van der Waals surface area contributed by atoms with E-state index >= 15 is 0 Å². The normalized spacial score (nSPS) is 12.5. The number of hydrogen-bond acceptors (Lipinski definition) is 2. The lowest BCUT2D eigenvalue weighted by atomic mass is 9.99. The molecule has 0 spiro atoms. The molecule has 0 bridgehead atoms. The number of aliphatic carboxylic acids is 1. The van der Waals surface area contributed by atoms with E-state index < -0.39 is 11.9 Å². The third-order valence-electron chi connectivity index (χ3n) is 1.93. The number of rotatable bonds is 3. The van der Waals surface area contributed by atoms with Gasteiger partial charge in [0.1, 0.15) is 5.92 Å². The first-order valence-corrected chi connectivity index (χ1v) is 4.05. The molecule has 0 aromatic heterocycles. The van der Waals surface area contributed by atoms with Crippen molar-refractivity contribution in [2.75, 3.05) is 6.61 Å². The smallest absolute Gasteiger partial charge is 0.313 e. The van der Waals surface area contributed by atoms with Gasteiger partial charge >= 0.3 is 5.97 Å². The minimum Gasteiger partial charge on any atom is -0.481 e. The Labute approximate surface area is 76.6 Å². The summed E-state index contributed by atoms with van der Waals surface area (Å²) in [5.74, 6) is -1.80. The zero-order valence-corrected chi connectivity index (χ0v) is 7.40. The fraction of sp³-hybridized carbons (Fsp3) is 0.300. The molecule has 0 radical (unpaired) electrons. The van der Waals surface area contributed by atoms with Gasteiger partial charge in [0.25, 0.3) is 0 Å². The van der Waals surface area contributed by atoms with Gasteiger partial charge in [-0.2, -0.15) is 0 Å². The summed E-state index contributed by atoms with van der Waals surface area (Å²) in [5.41, 5.74) is 1.65. The fourth-order valence-corrected chi connectivity index (χ4v) is 1.21. The lowest BCUT2D eigenvalue weighted by Gasteiger charge is -2.09. The predicted octanol–water partition coefficient (Wildman–Crippen LogP) is 1.16. The van der Waals surface area contributed by atoms with E-state index in [1.54, 1.807) is 18.2 Å². The van der Waals surface area contributed by atoms with Crippen molar-refractivity contribution >= 4 is 5.97 Å². The van der Waals surface area contributed by atoms with Crippen molar-refractivity contribution in [3.63, 3.8) is 0 Å². The van der Waals surface area contributed by atoms with Crippen LogP contribution in [0.1, 0.15) is 17.0 Å². The highest BCUT2D eigenvalue weighted by molar-refractivity contribution is 5.76. The summed E-state index contributed by atoms with van der Waals surface area (Å²) < 4.78 is 0. The topological polar surface area (TPSA) is 57.5 Å². The molecule has 0 heterocycles. The SMILES string of the molecule is Cc1cccc([C@@H](CO)C(=O)O)c1. The van der Waals surface area contributed by atoms with Crippen molar-refractivity contribution in [2.45, 2.75) is 12.8 Å². The molecule has 1 rings (SSSR count). The van der Waals surface area contributed by atoms with Gasteiger partial charge in [0.15, 0.2) is 0 Å². The summed E-state index contributed by atoms with van der Waals surface area (Å²) >= 11 is 0. The maximum absolute atomic E-state index is 10.7. The van der Waals surface area contributed by atoms with Crippen molar-refractivity contribution in [2.24, 2.45) is 0 Å². The maximum atomic E-state index is 10.7. The van der Waals surface area contributed by atoms with E-state index in [4.69, 9.17) is 10.2 Å². The molecule has 0 unspecified atom stereocenters. The van der Waals surface area contributed by atoms with Gasteiger partial charge in [0.2, 0.25) is 0 Å². The lowest BCUT2D eigenvalue weighted by molar-refractivity contribution is -0.139. The van der Waals surface area contributed by atoms with Crippen LogP contribution in [0.25, 0.3) is 0 Å². The van der Waals surface area contributed by atoms with Crippen molar-refractivity contribution in [3.05, 3.63) is 35.4 Å². The number of hydrogen-bond donors (Lipinski definition) is 2. The van der Waals surface area contributed by atoms with E-state index in [-0.39, 0.29) is 6.61 Å². The van der Waals surface area contributed by atoms with Crippen LogP contribution in [0.5, 0.6) is 0 Å². The predicted molar refractivity (Wildman–Crippen MR) is 48.6 cm³/mol. The fourth-order valence-electron chi connectivity index (χ4n) is 1.21. The monoisotopic (exact) mass is 180 g/mol. The Morgan fingerprint density at radius 2 is 2.23 bits per heavy atom. The van der Waals surface area contributed by atoms with E-state index in [9.17, 15) is 4.79 Å². The first-order chi connectivity index (χ1) is 6.15. The molecule has 0 aliphatic rings. The zero-order valence-electron chi connectivity index (χ0n) is 7.40. The first kappa shape index (κ1) is 9.74. The third-order valence-corrected chi connectivity index (χ3v) is 1.93. The molecule has 1 atom stereocenters. The van der Waals surface area contributed by atoms with Gasteiger partial charge in [0, 0.05) is 0 Å². The Morgan fingerprint density at radius 3 is 2.69 bits per heavy atom. The van der Waals surface area contributed by atoms with Crippen LogP contribution < -0.4 is 0 Å². The second-order valence-electron chi connectivity index (χ2n) is 2.99. The summed E-state index contributed by atoms with van der Waals surface area (Å²) in [6.07, 6.45) is 0.